The number of hydrogen-bond donors (Lipinski definition) is 2. The van der Waals surface area contributed by atoms with E-state index in [1.54, 1.807) is 10.9 Å². The largest absolute Gasteiger partial charge is 0.505 e. The molecule has 0 aliphatic rings. The number of rotatable bonds is 2. The van der Waals surface area contributed by atoms with Crippen LogP contribution in [0.5, 0.6) is 5.75 Å². The highest BCUT2D eigenvalue weighted by atomic mass is 16.3. The van der Waals surface area contributed by atoms with E-state index < -0.39 is 0 Å². The van der Waals surface area contributed by atoms with Crippen LogP contribution in [-0.2, 0) is 0 Å². The van der Waals surface area contributed by atoms with E-state index >= 15 is 0 Å². The van der Waals surface area contributed by atoms with Gasteiger partial charge < -0.3 is 10.8 Å². The van der Waals surface area contributed by atoms with E-state index in [0.717, 1.165) is 0 Å². The van der Waals surface area contributed by atoms with E-state index in [0.29, 0.717) is 6.54 Å². The monoisotopic (exact) mass is 141 g/mol. The van der Waals surface area contributed by atoms with Crippen molar-refractivity contribution < 1.29 is 5.11 Å². The van der Waals surface area contributed by atoms with Crippen molar-refractivity contribution in [3.63, 3.8) is 0 Å². The highest BCUT2D eigenvalue weighted by Crippen LogP contribution is 2.08. The standard InChI is InChI=1S/C6H11N3O/c1-5(2-7)9-4-6(10)3-8-9/h3-5,10H,2,7H2,1H3. The molecule has 1 aromatic heterocycles. The molecular weight excluding hydrogens is 130 g/mol. The number of aromatic nitrogens is 2. The van der Waals surface area contributed by atoms with Gasteiger partial charge >= 0.3 is 0 Å². The van der Waals surface area contributed by atoms with Crippen LogP contribution in [0.15, 0.2) is 12.4 Å². The summed E-state index contributed by atoms with van der Waals surface area (Å²) in [6.07, 6.45) is 2.95. The van der Waals surface area contributed by atoms with Gasteiger partial charge in [-0.25, -0.2) is 0 Å². The molecule has 1 atom stereocenters. The van der Waals surface area contributed by atoms with Crippen LogP contribution in [0.2, 0.25) is 0 Å². The first-order valence-electron chi connectivity index (χ1n) is 3.17. The molecule has 0 aliphatic heterocycles. The van der Waals surface area contributed by atoms with Gasteiger partial charge in [0.25, 0.3) is 0 Å². The second-order valence-electron chi connectivity index (χ2n) is 2.26. The molecule has 0 radical (unpaired) electrons. The van der Waals surface area contributed by atoms with Crippen LogP contribution in [0.1, 0.15) is 13.0 Å². The van der Waals surface area contributed by atoms with E-state index in [-0.39, 0.29) is 11.8 Å². The zero-order valence-corrected chi connectivity index (χ0v) is 5.86. The third-order valence-corrected chi connectivity index (χ3v) is 1.38. The Morgan fingerprint density at radius 2 is 2.60 bits per heavy atom. The van der Waals surface area contributed by atoms with Gasteiger partial charge in [-0.3, -0.25) is 4.68 Å². The summed E-state index contributed by atoms with van der Waals surface area (Å²) in [5, 5.41) is 12.7. The number of hydrogen-bond acceptors (Lipinski definition) is 3. The predicted octanol–water partition coefficient (Wildman–Crippen LogP) is 0.108. The van der Waals surface area contributed by atoms with Gasteiger partial charge in [0.1, 0.15) is 0 Å². The summed E-state index contributed by atoms with van der Waals surface area (Å²) in [4.78, 5) is 0. The molecule has 0 saturated heterocycles. The Balaban J connectivity index is 2.74. The molecule has 1 rings (SSSR count). The maximum absolute atomic E-state index is 8.87. The van der Waals surface area contributed by atoms with Crippen molar-refractivity contribution in [1.29, 1.82) is 0 Å². The summed E-state index contributed by atoms with van der Waals surface area (Å²) >= 11 is 0. The molecule has 1 heterocycles. The van der Waals surface area contributed by atoms with Gasteiger partial charge in [-0.15, -0.1) is 0 Å². The fraction of sp³-hybridized carbons (Fsp3) is 0.500. The van der Waals surface area contributed by atoms with Crippen molar-refractivity contribution in [3.05, 3.63) is 12.4 Å². The molecule has 0 amide bonds. The lowest BCUT2D eigenvalue weighted by atomic mass is 10.3. The minimum atomic E-state index is 0.154. The summed E-state index contributed by atoms with van der Waals surface area (Å²) in [5.74, 6) is 0.181. The van der Waals surface area contributed by atoms with E-state index in [4.69, 9.17) is 10.8 Å². The molecule has 0 fully saturated rings. The van der Waals surface area contributed by atoms with Gasteiger partial charge in [-0.05, 0) is 6.92 Å². The van der Waals surface area contributed by atoms with Crippen molar-refractivity contribution >= 4 is 0 Å². The molecule has 0 bridgehead atoms. The molecule has 1 aromatic rings. The first kappa shape index (κ1) is 7.08. The fourth-order valence-electron chi connectivity index (χ4n) is 0.677. The molecule has 3 N–H and O–H groups in total. The molecule has 0 aliphatic carbocycles. The average Bonchev–Trinajstić information content (AvgIpc) is 2.34. The molecule has 4 nitrogen and oxygen atoms in total. The zero-order valence-electron chi connectivity index (χ0n) is 5.86. The molecule has 4 heteroatoms. The molecule has 0 spiro atoms. The molecule has 0 aromatic carbocycles. The molecule has 10 heavy (non-hydrogen) atoms. The van der Waals surface area contributed by atoms with Gasteiger partial charge in [-0.1, -0.05) is 0 Å². The lowest BCUT2D eigenvalue weighted by Crippen LogP contribution is -2.16. The zero-order chi connectivity index (χ0) is 7.56. The van der Waals surface area contributed by atoms with E-state index in [1.807, 2.05) is 6.92 Å². The Morgan fingerprint density at radius 1 is 1.90 bits per heavy atom. The van der Waals surface area contributed by atoms with Crippen LogP contribution in [0.4, 0.5) is 0 Å². The number of nitrogens with zero attached hydrogens (tertiary/aromatic N) is 2. The number of nitrogens with two attached hydrogens (primary N) is 1. The Labute approximate surface area is 59.3 Å². The van der Waals surface area contributed by atoms with Crippen LogP contribution >= 0.6 is 0 Å². The first-order chi connectivity index (χ1) is 4.74. The van der Waals surface area contributed by atoms with Crippen LogP contribution in [-0.4, -0.2) is 21.4 Å². The predicted molar refractivity (Wildman–Crippen MR) is 37.7 cm³/mol. The Hall–Kier alpha value is -1.03. The van der Waals surface area contributed by atoms with Gasteiger partial charge in [0.15, 0.2) is 5.75 Å². The summed E-state index contributed by atoms with van der Waals surface area (Å²) in [6.45, 7) is 2.47. The van der Waals surface area contributed by atoms with Crippen LogP contribution in [0, 0.1) is 0 Å². The Kier molecular flexibility index (Phi) is 1.91. The molecular formula is C6H11N3O. The van der Waals surface area contributed by atoms with E-state index in [1.165, 1.54) is 6.20 Å². The first-order valence-corrected chi connectivity index (χ1v) is 3.17. The van der Waals surface area contributed by atoms with Crippen molar-refractivity contribution in [2.24, 2.45) is 5.73 Å². The molecule has 56 valence electrons. The fourth-order valence-corrected chi connectivity index (χ4v) is 0.677. The highest BCUT2D eigenvalue weighted by molar-refractivity contribution is 5.08. The minimum Gasteiger partial charge on any atom is -0.505 e. The smallest absolute Gasteiger partial charge is 0.153 e. The van der Waals surface area contributed by atoms with Crippen molar-refractivity contribution in [2.45, 2.75) is 13.0 Å². The molecule has 0 saturated carbocycles. The Morgan fingerprint density at radius 3 is 3.00 bits per heavy atom. The van der Waals surface area contributed by atoms with Gasteiger partial charge in [0, 0.05) is 6.54 Å². The lowest BCUT2D eigenvalue weighted by molar-refractivity contribution is 0.466. The Bertz CT molecular complexity index is 209. The summed E-state index contributed by atoms with van der Waals surface area (Å²) in [6, 6.07) is 0.154. The molecule has 1 unspecified atom stereocenters. The average molecular weight is 141 g/mol. The summed E-state index contributed by atoms with van der Waals surface area (Å²) in [7, 11) is 0. The second-order valence-corrected chi connectivity index (χ2v) is 2.26. The van der Waals surface area contributed by atoms with Crippen molar-refractivity contribution in [3.8, 4) is 5.75 Å². The normalized spacial score (nSPS) is 13.4. The van der Waals surface area contributed by atoms with Crippen molar-refractivity contribution in [1.82, 2.24) is 9.78 Å². The van der Waals surface area contributed by atoms with E-state index in [2.05, 4.69) is 5.10 Å². The third-order valence-electron chi connectivity index (χ3n) is 1.38. The summed E-state index contributed by atoms with van der Waals surface area (Å²) < 4.78 is 1.63. The van der Waals surface area contributed by atoms with Crippen LogP contribution in [0.3, 0.4) is 0 Å². The maximum atomic E-state index is 8.87. The number of aromatic hydroxyl groups is 1. The van der Waals surface area contributed by atoms with Gasteiger partial charge in [0.05, 0.1) is 18.4 Å². The highest BCUT2D eigenvalue weighted by Gasteiger charge is 2.01. The SMILES string of the molecule is CC(CN)n1cc(O)cn1. The third kappa shape index (κ3) is 1.27. The maximum Gasteiger partial charge on any atom is 0.153 e. The van der Waals surface area contributed by atoms with Crippen LogP contribution in [0.25, 0.3) is 0 Å². The van der Waals surface area contributed by atoms with E-state index in [9.17, 15) is 0 Å². The van der Waals surface area contributed by atoms with Crippen molar-refractivity contribution in [2.75, 3.05) is 6.54 Å². The minimum absolute atomic E-state index is 0.154. The topological polar surface area (TPSA) is 64.1 Å². The lowest BCUT2D eigenvalue weighted by Gasteiger charge is -2.06. The summed E-state index contributed by atoms with van der Waals surface area (Å²) in [5.41, 5.74) is 5.37. The van der Waals surface area contributed by atoms with Crippen LogP contribution < -0.4 is 5.73 Å². The quantitative estimate of drug-likeness (QED) is 0.614. The van der Waals surface area contributed by atoms with Gasteiger partial charge in [-0.2, -0.15) is 5.10 Å². The second kappa shape index (κ2) is 2.70. The van der Waals surface area contributed by atoms with Gasteiger partial charge in [0.2, 0.25) is 0 Å².